The van der Waals surface area contributed by atoms with Gasteiger partial charge in [-0.05, 0) is 76.8 Å². The summed E-state index contributed by atoms with van der Waals surface area (Å²) in [6, 6.07) is 12.7. The number of piperidine rings is 1. The summed E-state index contributed by atoms with van der Waals surface area (Å²) in [5, 5.41) is 14.9. The zero-order valence-corrected chi connectivity index (χ0v) is 31.1. The second-order valence-electron chi connectivity index (χ2n) is 15.2. The maximum Gasteiger partial charge on any atom is 0.410 e. The summed E-state index contributed by atoms with van der Waals surface area (Å²) >= 11 is 0. The number of aryl methyl sites for hydroxylation is 1. The van der Waals surface area contributed by atoms with Crippen LogP contribution in [0.4, 0.5) is 4.79 Å². The first kappa shape index (κ1) is 35.0. The molecule has 5 aromatic rings. The molecule has 0 bridgehead atoms. The zero-order chi connectivity index (χ0) is 35.6. The molecule has 12 nitrogen and oxygen atoms in total. The van der Waals surface area contributed by atoms with Crippen molar-refractivity contribution in [2.24, 2.45) is 5.92 Å². The van der Waals surface area contributed by atoms with Crippen LogP contribution in [-0.4, -0.2) is 73.7 Å². The molecule has 3 aromatic heterocycles. The van der Waals surface area contributed by atoms with Crippen LogP contribution in [0.2, 0.25) is 25.7 Å². The van der Waals surface area contributed by atoms with Crippen LogP contribution in [0.15, 0.2) is 48.9 Å². The smallest absolute Gasteiger partial charge is 0.410 e. The number of hydrogen-bond donors (Lipinski definition) is 0. The average Bonchev–Trinajstić information content (AvgIpc) is 3.65. The molecule has 1 aliphatic rings. The number of amides is 1. The average molecular weight is 695 g/mol. The maximum atomic E-state index is 12.5. The number of rotatable bonds is 10. The van der Waals surface area contributed by atoms with Crippen LogP contribution in [0.25, 0.3) is 33.3 Å². The van der Waals surface area contributed by atoms with Crippen LogP contribution in [0.3, 0.4) is 0 Å². The lowest BCUT2D eigenvalue weighted by atomic mass is 9.97. The van der Waals surface area contributed by atoms with Crippen LogP contribution in [-0.2, 0) is 22.7 Å². The van der Waals surface area contributed by atoms with Crippen molar-refractivity contribution < 1.29 is 19.0 Å². The fourth-order valence-electron chi connectivity index (χ4n) is 5.99. The van der Waals surface area contributed by atoms with Crippen LogP contribution >= 0.6 is 0 Å². The second-order valence-corrected chi connectivity index (χ2v) is 20.8. The Labute approximate surface area is 294 Å². The third-order valence-corrected chi connectivity index (χ3v) is 10.5. The Morgan fingerprint density at radius 1 is 1.06 bits per heavy atom. The van der Waals surface area contributed by atoms with Crippen molar-refractivity contribution in [3.63, 3.8) is 0 Å². The van der Waals surface area contributed by atoms with Crippen molar-refractivity contribution in [2.75, 3.05) is 19.7 Å². The Morgan fingerprint density at radius 2 is 1.82 bits per heavy atom. The van der Waals surface area contributed by atoms with Gasteiger partial charge in [-0.3, -0.25) is 9.67 Å². The van der Waals surface area contributed by atoms with Gasteiger partial charge in [0.2, 0.25) is 0 Å². The minimum Gasteiger partial charge on any atom is -0.456 e. The maximum absolute atomic E-state index is 12.5. The molecule has 13 heteroatoms. The molecule has 262 valence electrons. The number of hydrogen-bond acceptors (Lipinski definition) is 9. The van der Waals surface area contributed by atoms with Crippen molar-refractivity contribution in [3.8, 4) is 28.8 Å². The molecule has 0 radical (unpaired) electrons. The van der Waals surface area contributed by atoms with Gasteiger partial charge in [-0.15, -0.1) is 0 Å². The molecule has 6 rings (SSSR count). The highest BCUT2D eigenvalue weighted by atomic mass is 28.3. The van der Waals surface area contributed by atoms with E-state index in [-0.39, 0.29) is 6.09 Å². The number of carbonyl (C=O) groups is 1. The predicted molar refractivity (Wildman–Crippen MR) is 195 cm³/mol. The molecular formula is C37H46N8O4Si. The molecule has 0 spiro atoms. The number of ether oxygens (including phenoxy) is 3. The van der Waals surface area contributed by atoms with Crippen LogP contribution in [0.1, 0.15) is 45.0 Å². The highest BCUT2D eigenvalue weighted by molar-refractivity contribution is 6.76. The van der Waals surface area contributed by atoms with E-state index >= 15 is 0 Å². The number of imidazole rings is 1. The highest BCUT2D eigenvalue weighted by Gasteiger charge is 2.27. The summed E-state index contributed by atoms with van der Waals surface area (Å²) in [6.45, 7) is 17.8. The first-order valence-corrected chi connectivity index (χ1v) is 20.9. The standard InChI is InChI=1S/C37H46N8O4Si/c1-25-41-30-9-8-28(18-33(30)45(25)24-47-16-17-50(5,6)7)48-34-11-10-31-35(29(34)19-38)42-32(21-39-31)27-20-40-44(23-27)22-26-12-14-43(15-13-26)36(46)49-37(2,3)4/h8-11,18,20-21,23,26H,12-17,22,24H2,1-7H3. The van der Waals surface area contributed by atoms with Gasteiger partial charge in [0.05, 0.1) is 34.6 Å². The van der Waals surface area contributed by atoms with Gasteiger partial charge in [0.15, 0.2) is 0 Å². The lowest BCUT2D eigenvalue weighted by molar-refractivity contribution is 0.0177. The molecule has 1 fully saturated rings. The van der Waals surface area contributed by atoms with Crippen LogP contribution in [0.5, 0.6) is 11.5 Å². The van der Waals surface area contributed by atoms with E-state index in [1.807, 2.05) is 67.4 Å². The fourth-order valence-corrected chi connectivity index (χ4v) is 6.74. The lowest BCUT2D eigenvalue weighted by Crippen LogP contribution is -2.42. The molecule has 1 amide bonds. The van der Waals surface area contributed by atoms with Gasteiger partial charge >= 0.3 is 6.09 Å². The predicted octanol–water partition coefficient (Wildman–Crippen LogP) is 7.77. The number of benzene rings is 2. The minimum absolute atomic E-state index is 0.255. The molecular weight excluding hydrogens is 649 g/mol. The van der Waals surface area contributed by atoms with E-state index in [9.17, 15) is 10.1 Å². The molecule has 0 unspecified atom stereocenters. The van der Waals surface area contributed by atoms with E-state index in [0.29, 0.717) is 66.1 Å². The van der Waals surface area contributed by atoms with Gasteiger partial charge in [-0.1, -0.05) is 19.6 Å². The van der Waals surface area contributed by atoms with Gasteiger partial charge in [0, 0.05) is 52.1 Å². The summed E-state index contributed by atoms with van der Waals surface area (Å²) in [5.74, 6) is 2.23. The summed E-state index contributed by atoms with van der Waals surface area (Å²) in [5.41, 5.74) is 4.04. The molecule has 0 saturated carbocycles. The summed E-state index contributed by atoms with van der Waals surface area (Å²) in [7, 11) is -1.19. The number of carbonyl (C=O) groups excluding carboxylic acids is 1. The van der Waals surface area contributed by atoms with E-state index in [1.54, 1.807) is 23.4 Å². The minimum atomic E-state index is -1.19. The van der Waals surface area contributed by atoms with E-state index in [1.165, 1.54) is 0 Å². The lowest BCUT2D eigenvalue weighted by Gasteiger charge is -2.33. The summed E-state index contributed by atoms with van der Waals surface area (Å²) < 4.78 is 21.8. The molecule has 4 heterocycles. The van der Waals surface area contributed by atoms with Crippen LogP contribution < -0.4 is 4.74 Å². The fraction of sp³-hybridized carbons (Fsp3) is 0.459. The van der Waals surface area contributed by atoms with Gasteiger partial charge in [-0.2, -0.15) is 10.4 Å². The molecule has 0 aliphatic carbocycles. The van der Waals surface area contributed by atoms with E-state index in [4.69, 9.17) is 24.2 Å². The Balaban J connectivity index is 1.16. The Morgan fingerprint density at radius 3 is 2.54 bits per heavy atom. The first-order valence-electron chi connectivity index (χ1n) is 17.2. The molecule has 0 N–H and O–H groups in total. The van der Waals surface area contributed by atoms with Gasteiger partial charge < -0.3 is 23.7 Å². The Bertz CT molecular complexity index is 2040. The van der Waals surface area contributed by atoms with Gasteiger partial charge in [-0.25, -0.2) is 14.8 Å². The number of aromatic nitrogens is 6. The summed E-state index contributed by atoms with van der Waals surface area (Å²) in [4.78, 5) is 28.4. The van der Waals surface area contributed by atoms with Gasteiger partial charge in [0.1, 0.15) is 46.8 Å². The normalized spacial score (nSPS) is 14.3. The van der Waals surface area contributed by atoms with Crippen molar-refractivity contribution in [1.29, 1.82) is 5.26 Å². The highest BCUT2D eigenvalue weighted by Crippen LogP contribution is 2.33. The monoisotopic (exact) mass is 694 g/mol. The largest absolute Gasteiger partial charge is 0.456 e. The second kappa shape index (κ2) is 14.2. The quantitative estimate of drug-likeness (QED) is 0.106. The van der Waals surface area contributed by atoms with Gasteiger partial charge in [0.25, 0.3) is 0 Å². The summed E-state index contributed by atoms with van der Waals surface area (Å²) in [6.07, 6.45) is 6.92. The van der Waals surface area contributed by atoms with Crippen molar-refractivity contribution in [1.82, 2.24) is 34.2 Å². The molecule has 2 aromatic carbocycles. The number of likely N-dealkylation sites (tertiary alicyclic amines) is 1. The van der Waals surface area contributed by atoms with Crippen LogP contribution in [0, 0.1) is 24.2 Å². The van der Waals surface area contributed by atoms with Crippen molar-refractivity contribution in [3.05, 3.63) is 60.3 Å². The third-order valence-electron chi connectivity index (χ3n) is 8.78. The molecule has 50 heavy (non-hydrogen) atoms. The van der Waals surface area contributed by atoms with E-state index < -0.39 is 13.7 Å². The number of fused-ring (bicyclic) bond motifs is 2. The van der Waals surface area contributed by atoms with Crippen molar-refractivity contribution >= 4 is 36.2 Å². The zero-order valence-electron chi connectivity index (χ0n) is 30.1. The third kappa shape index (κ3) is 8.31. The molecule has 0 atom stereocenters. The molecule has 1 saturated heterocycles. The Hall–Kier alpha value is -4.80. The van der Waals surface area contributed by atoms with E-state index in [0.717, 1.165) is 47.9 Å². The van der Waals surface area contributed by atoms with Crippen molar-refractivity contribution in [2.45, 2.75) is 85.1 Å². The SMILES string of the molecule is Cc1nc2ccc(Oc3ccc4ncc(-c5cnn(CC6CCN(C(=O)OC(C)(C)C)CC6)c5)nc4c3C#N)cc2n1COCC[Si](C)(C)C. The first-order chi connectivity index (χ1) is 23.8. The molecule has 1 aliphatic heterocycles. The Kier molecular flexibility index (Phi) is 9.95. The number of nitriles is 1. The number of nitrogens with zero attached hydrogens (tertiary/aromatic N) is 8. The van der Waals surface area contributed by atoms with E-state index in [2.05, 4.69) is 35.8 Å². The topological polar surface area (TPSA) is 133 Å².